The van der Waals surface area contributed by atoms with Crippen LogP contribution in [0.1, 0.15) is 45.2 Å². The standard InChI is InChI=1S/C16H23FO4/c1-15(2,9-13(18)19)11-7-10(16(3,4)17)8-12(20-5)14(11)21-6/h7-8H,9H2,1-6H3,(H,18,19). The topological polar surface area (TPSA) is 55.8 Å². The van der Waals surface area contributed by atoms with Crippen molar-refractivity contribution in [3.63, 3.8) is 0 Å². The summed E-state index contributed by atoms with van der Waals surface area (Å²) in [6.07, 6.45) is -0.0946. The Bertz CT molecular complexity index is 530. The van der Waals surface area contributed by atoms with Gasteiger partial charge in [-0.1, -0.05) is 13.8 Å². The molecule has 4 nitrogen and oxygen atoms in total. The van der Waals surface area contributed by atoms with Crippen LogP contribution in [0, 0.1) is 0 Å². The van der Waals surface area contributed by atoms with Crippen LogP contribution in [-0.2, 0) is 15.9 Å². The van der Waals surface area contributed by atoms with Crippen LogP contribution in [0.15, 0.2) is 12.1 Å². The van der Waals surface area contributed by atoms with Crippen molar-refractivity contribution in [2.24, 2.45) is 0 Å². The van der Waals surface area contributed by atoms with Crippen LogP contribution < -0.4 is 9.47 Å². The summed E-state index contributed by atoms with van der Waals surface area (Å²) in [4.78, 5) is 11.1. The lowest BCUT2D eigenvalue weighted by molar-refractivity contribution is -0.138. The van der Waals surface area contributed by atoms with Gasteiger partial charge in [-0.2, -0.15) is 0 Å². The molecule has 0 fully saturated rings. The second kappa shape index (κ2) is 5.92. The Morgan fingerprint density at radius 1 is 1.19 bits per heavy atom. The minimum atomic E-state index is -1.56. The number of alkyl halides is 1. The Hall–Kier alpha value is -1.78. The van der Waals surface area contributed by atoms with E-state index in [-0.39, 0.29) is 6.42 Å². The number of carbonyl (C=O) groups is 1. The second-order valence-corrected chi connectivity index (χ2v) is 6.19. The zero-order valence-corrected chi connectivity index (χ0v) is 13.4. The van der Waals surface area contributed by atoms with E-state index in [0.29, 0.717) is 22.6 Å². The monoisotopic (exact) mass is 298 g/mol. The number of carboxylic acids is 1. The fourth-order valence-electron chi connectivity index (χ4n) is 2.28. The van der Waals surface area contributed by atoms with Crippen molar-refractivity contribution in [3.05, 3.63) is 23.3 Å². The predicted octanol–water partition coefficient (Wildman–Crippen LogP) is 3.66. The first-order chi connectivity index (χ1) is 9.52. The molecule has 0 atom stereocenters. The molecule has 0 spiro atoms. The summed E-state index contributed by atoms with van der Waals surface area (Å²) in [5.74, 6) is -0.0862. The number of ether oxygens (including phenoxy) is 2. The van der Waals surface area contributed by atoms with Gasteiger partial charge in [0, 0.05) is 11.0 Å². The molecular formula is C16H23FO4. The molecule has 0 aromatic heterocycles. The molecule has 21 heavy (non-hydrogen) atoms. The Balaban J connectivity index is 3.57. The highest BCUT2D eigenvalue weighted by Crippen LogP contribution is 2.43. The van der Waals surface area contributed by atoms with Crippen LogP contribution in [0.3, 0.4) is 0 Å². The fourth-order valence-corrected chi connectivity index (χ4v) is 2.28. The lowest BCUT2D eigenvalue weighted by Gasteiger charge is -2.28. The Kier molecular flexibility index (Phi) is 4.87. The third-order valence-electron chi connectivity index (χ3n) is 3.49. The molecule has 5 heteroatoms. The summed E-state index contributed by atoms with van der Waals surface area (Å²) >= 11 is 0. The number of benzene rings is 1. The van der Waals surface area contributed by atoms with Gasteiger partial charge in [0.2, 0.25) is 0 Å². The van der Waals surface area contributed by atoms with Crippen molar-refractivity contribution >= 4 is 5.97 Å². The van der Waals surface area contributed by atoms with Crippen molar-refractivity contribution in [1.82, 2.24) is 0 Å². The molecule has 118 valence electrons. The van der Waals surface area contributed by atoms with Gasteiger partial charge in [-0.15, -0.1) is 0 Å². The molecule has 1 N–H and O–H groups in total. The maximum Gasteiger partial charge on any atom is 0.304 e. The molecule has 0 aliphatic heterocycles. The molecule has 0 unspecified atom stereocenters. The first-order valence-electron chi connectivity index (χ1n) is 6.70. The third kappa shape index (κ3) is 3.86. The summed E-state index contributed by atoms with van der Waals surface area (Å²) in [5.41, 5.74) is -1.24. The van der Waals surface area contributed by atoms with Crippen molar-refractivity contribution in [2.75, 3.05) is 14.2 Å². The molecule has 0 bridgehead atoms. The van der Waals surface area contributed by atoms with Gasteiger partial charge < -0.3 is 14.6 Å². The first-order valence-corrected chi connectivity index (χ1v) is 6.70. The number of aliphatic carboxylic acids is 1. The van der Waals surface area contributed by atoms with Gasteiger partial charge in [0.1, 0.15) is 5.67 Å². The molecule has 0 radical (unpaired) electrons. The van der Waals surface area contributed by atoms with Crippen LogP contribution in [0.5, 0.6) is 11.5 Å². The van der Waals surface area contributed by atoms with E-state index in [4.69, 9.17) is 14.6 Å². The summed E-state index contributed by atoms with van der Waals surface area (Å²) in [6.45, 7) is 6.46. The first kappa shape index (κ1) is 17.3. The van der Waals surface area contributed by atoms with Crippen molar-refractivity contribution in [3.8, 4) is 11.5 Å². The zero-order chi connectivity index (χ0) is 16.4. The number of carboxylic acid groups (broad SMARTS) is 1. The zero-order valence-electron chi connectivity index (χ0n) is 13.4. The van der Waals surface area contributed by atoms with Crippen LogP contribution in [0.4, 0.5) is 4.39 Å². The number of halogens is 1. The van der Waals surface area contributed by atoms with Gasteiger partial charge in [-0.3, -0.25) is 4.79 Å². The fraction of sp³-hybridized carbons (Fsp3) is 0.562. The van der Waals surface area contributed by atoms with Gasteiger partial charge >= 0.3 is 5.97 Å². The highest BCUT2D eigenvalue weighted by atomic mass is 19.1. The quantitative estimate of drug-likeness (QED) is 0.870. The summed E-state index contributed by atoms with van der Waals surface area (Å²) < 4.78 is 24.9. The molecule has 1 aromatic rings. The Labute approximate surface area is 124 Å². The van der Waals surface area contributed by atoms with E-state index in [1.54, 1.807) is 26.0 Å². The second-order valence-electron chi connectivity index (χ2n) is 6.19. The van der Waals surface area contributed by atoms with Gasteiger partial charge in [0.25, 0.3) is 0 Å². The van der Waals surface area contributed by atoms with E-state index >= 15 is 0 Å². The number of hydrogen-bond acceptors (Lipinski definition) is 3. The third-order valence-corrected chi connectivity index (χ3v) is 3.49. The maximum atomic E-state index is 14.3. The van der Waals surface area contributed by atoms with E-state index in [1.807, 2.05) is 0 Å². The number of rotatable bonds is 6. The van der Waals surface area contributed by atoms with Crippen molar-refractivity contribution < 1.29 is 23.8 Å². The summed E-state index contributed by atoms with van der Waals surface area (Å²) in [7, 11) is 2.96. The van der Waals surface area contributed by atoms with Gasteiger partial charge in [0.05, 0.1) is 20.6 Å². The molecule has 0 aliphatic rings. The van der Waals surface area contributed by atoms with Crippen molar-refractivity contribution in [2.45, 2.75) is 45.2 Å². The van der Waals surface area contributed by atoms with E-state index in [2.05, 4.69) is 0 Å². The van der Waals surface area contributed by atoms with Gasteiger partial charge in [0.15, 0.2) is 11.5 Å². The average Bonchev–Trinajstić information content (AvgIpc) is 2.34. The average molecular weight is 298 g/mol. The maximum absolute atomic E-state index is 14.3. The normalized spacial score (nSPS) is 12.1. The molecule has 0 saturated heterocycles. The van der Waals surface area contributed by atoms with Crippen LogP contribution in [0.2, 0.25) is 0 Å². The molecule has 0 heterocycles. The minimum absolute atomic E-state index is 0.0946. The summed E-state index contributed by atoms with van der Waals surface area (Å²) in [6, 6.07) is 3.24. The van der Waals surface area contributed by atoms with Crippen LogP contribution in [0.25, 0.3) is 0 Å². The predicted molar refractivity (Wildman–Crippen MR) is 79.0 cm³/mol. The van der Waals surface area contributed by atoms with Gasteiger partial charge in [-0.25, -0.2) is 4.39 Å². The molecule has 0 amide bonds. The molecule has 0 saturated carbocycles. The number of hydrogen-bond donors (Lipinski definition) is 1. The highest BCUT2D eigenvalue weighted by molar-refractivity contribution is 5.70. The lowest BCUT2D eigenvalue weighted by Crippen LogP contribution is -2.24. The molecule has 0 aliphatic carbocycles. The van der Waals surface area contributed by atoms with E-state index in [0.717, 1.165) is 0 Å². The molecular weight excluding hydrogens is 275 g/mol. The number of methoxy groups -OCH3 is 2. The molecule has 1 aromatic carbocycles. The summed E-state index contributed by atoms with van der Waals surface area (Å²) in [5, 5.41) is 9.08. The SMILES string of the molecule is COc1cc(C(C)(C)F)cc(C(C)(C)CC(=O)O)c1OC. The largest absolute Gasteiger partial charge is 0.493 e. The van der Waals surface area contributed by atoms with Crippen LogP contribution >= 0.6 is 0 Å². The lowest BCUT2D eigenvalue weighted by atomic mass is 9.79. The van der Waals surface area contributed by atoms with E-state index in [9.17, 15) is 9.18 Å². The smallest absolute Gasteiger partial charge is 0.304 e. The minimum Gasteiger partial charge on any atom is -0.493 e. The van der Waals surface area contributed by atoms with E-state index in [1.165, 1.54) is 28.1 Å². The Morgan fingerprint density at radius 3 is 2.14 bits per heavy atom. The molecule has 1 rings (SSSR count). The Morgan fingerprint density at radius 2 is 1.76 bits per heavy atom. The van der Waals surface area contributed by atoms with Crippen LogP contribution in [-0.4, -0.2) is 25.3 Å². The van der Waals surface area contributed by atoms with E-state index < -0.39 is 17.1 Å². The van der Waals surface area contributed by atoms with Crippen molar-refractivity contribution in [1.29, 1.82) is 0 Å². The highest BCUT2D eigenvalue weighted by Gasteiger charge is 2.32. The van der Waals surface area contributed by atoms with Gasteiger partial charge in [-0.05, 0) is 31.5 Å².